The molecular formula is C15H21N5O. The van der Waals surface area contributed by atoms with Crippen molar-refractivity contribution < 1.29 is 4.42 Å². The van der Waals surface area contributed by atoms with Gasteiger partial charge in [-0.3, -0.25) is 5.43 Å². The zero-order chi connectivity index (χ0) is 14.7. The number of fused-ring (bicyclic) bond motifs is 5. The van der Waals surface area contributed by atoms with Gasteiger partial charge in [0.25, 0.3) is 0 Å². The van der Waals surface area contributed by atoms with Gasteiger partial charge >= 0.3 is 0 Å². The van der Waals surface area contributed by atoms with Crippen LogP contribution in [-0.4, -0.2) is 28.9 Å². The molecule has 0 bridgehead atoms. The third-order valence-corrected chi connectivity index (χ3v) is 4.74. The largest absolute Gasteiger partial charge is 0.464 e. The molecule has 112 valence electrons. The summed E-state index contributed by atoms with van der Waals surface area (Å²) in [7, 11) is 0. The van der Waals surface area contributed by atoms with E-state index in [4.69, 9.17) is 9.52 Å². The van der Waals surface area contributed by atoms with Gasteiger partial charge in [-0.25, -0.2) is 5.01 Å². The first kappa shape index (κ1) is 12.7. The Morgan fingerprint density at radius 1 is 1.24 bits per heavy atom. The van der Waals surface area contributed by atoms with Crippen LogP contribution in [0.2, 0.25) is 0 Å². The number of rotatable bonds is 2. The summed E-state index contributed by atoms with van der Waals surface area (Å²) in [5.41, 5.74) is 5.72. The molecule has 21 heavy (non-hydrogen) atoms. The van der Waals surface area contributed by atoms with Crippen molar-refractivity contribution in [2.24, 2.45) is 10.2 Å². The van der Waals surface area contributed by atoms with Crippen molar-refractivity contribution >= 4 is 17.4 Å². The van der Waals surface area contributed by atoms with E-state index < -0.39 is 0 Å². The molecule has 0 spiro atoms. The van der Waals surface area contributed by atoms with E-state index >= 15 is 0 Å². The molecule has 4 heterocycles. The lowest BCUT2D eigenvalue weighted by molar-refractivity contribution is 0.248. The molecule has 1 aromatic heterocycles. The lowest BCUT2D eigenvalue weighted by atomic mass is 10.1. The molecule has 0 aliphatic carbocycles. The standard InChI is InChI=1S/C15H21N5O/c1-5-12-16-17-15-10-7-11-14(8(3)9(4)21-11)19(10)13(6-2)18-20(12)15/h10,15,17H,5-7H2,1-4H3. The molecule has 2 atom stereocenters. The molecule has 0 saturated carbocycles. The van der Waals surface area contributed by atoms with Crippen molar-refractivity contribution in [2.45, 2.75) is 59.2 Å². The summed E-state index contributed by atoms with van der Waals surface area (Å²) in [6.45, 7) is 8.44. The second-order valence-corrected chi connectivity index (χ2v) is 5.87. The Labute approximate surface area is 124 Å². The highest BCUT2D eigenvalue weighted by molar-refractivity contribution is 6.02. The van der Waals surface area contributed by atoms with Crippen LogP contribution < -0.4 is 10.3 Å². The van der Waals surface area contributed by atoms with Gasteiger partial charge in [0.15, 0.2) is 6.17 Å². The maximum Gasteiger partial charge on any atom is 0.159 e. The fraction of sp³-hybridized carbons (Fsp3) is 0.600. The minimum absolute atomic E-state index is 0.109. The molecule has 0 saturated heterocycles. The van der Waals surface area contributed by atoms with Gasteiger partial charge in [0.2, 0.25) is 0 Å². The summed E-state index contributed by atoms with van der Waals surface area (Å²) < 4.78 is 5.96. The Hall–Kier alpha value is -1.98. The van der Waals surface area contributed by atoms with Crippen LogP contribution in [0, 0.1) is 13.8 Å². The molecule has 1 N–H and O–H groups in total. The van der Waals surface area contributed by atoms with Crippen LogP contribution >= 0.6 is 0 Å². The van der Waals surface area contributed by atoms with E-state index in [9.17, 15) is 0 Å². The van der Waals surface area contributed by atoms with Gasteiger partial charge in [0, 0.05) is 24.8 Å². The third kappa shape index (κ3) is 1.53. The average Bonchev–Trinajstić information content (AvgIpc) is 3.12. The first-order chi connectivity index (χ1) is 10.2. The Morgan fingerprint density at radius 2 is 2.00 bits per heavy atom. The average molecular weight is 287 g/mol. The molecule has 0 radical (unpaired) electrons. The van der Waals surface area contributed by atoms with Crippen LogP contribution in [0.25, 0.3) is 0 Å². The van der Waals surface area contributed by atoms with Crippen LogP contribution in [-0.2, 0) is 6.42 Å². The van der Waals surface area contributed by atoms with Crippen LogP contribution in [0.15, 0.2) is 14.6 Å². The first-order valence-electron chi connectivity index (χ1n) is 7.72. The molecule has 6 nitrogen and oxygen atoms in total. The van der Waals surface area contributed by atoms with Gasteiger partial charge in [0.05, 0.1) is 11.7 Å². The number of aryl methyl sites for hydroxylation is 1. The van der Waals surface area contributed by atoms with Gasteiger partial charge in [-0.15, -0.1) is 0 Å². The molecule has 1 aromatic rings. The normalized spacial score (nSPS) is 26.1. The fourth-order valence-electron chi connectivity index (χ4n) is 3.59. The Bertz CT molecular complexity index is 659. The van der Waals surface area contributed by atoms with Crippen molar-refractivity contribution in [3.8, 4) is 0 Å². The van der Waals surface area contributed by atoms with E-state index in [1.165, 1.54) is 11.3 Å². The lowest BCUT2D eigenvalue weighted by Gasteiger charge is -2.40. The number of nitrogens with zero attached hydrogens (tertiary/aromatic N) is 4. The van der Waals surface area contributed by atoms with Crippen LogP contribution in [0.1, 0.15) is 43.8 Å². The molecule has 3 aliphatic heterocycles. The van der Waals surface area contributed by atoms with Gasteiger partial charge < -0.3 is 9.32 Å². The van der Waals surface area contributed by atoms with Gasteiger partial charge in [-0.05, 0) is 13.8 Å². The number of furan rings is 1. The maximum atomic E-state index is 5.96. The molecule has 0 fully saturated rings. The number of hydrogen-bond acceptors (Lipinski definition) is 6. The maximum absolute atomic E-state index is 5.96. The van der Waals surface area contributed by atoms with Crippen LogP contribution in [0.3, 0.4) is 0 Å². The lowest BCUT2D eigenvalue weighted by Crippen LogP contribution is -2.59. The third-order valence-electron chi connectivity index (χ3n) is 4.74. The minimum Gasteiger partial charge on any atom is -0.464 e. The smallest absolute Gasteiger partial charge is 0.159 e. The second kappa shape index (κ2) is 4.26. The summed E-state index contributed by atoms with van der Waals surface area (Å²) >= 11 is 0. The monoisotopic (exact) mass is 287 g/mol. The fourth-order valence-corrected chi connectivity index (χ4v) is 3.59. The first-order valence-corrected chi connectivity index (χ1v) is 7.72. The van der Waals surface area contributed by atoms with E-state index in [0.29, 0.717) is 6.04 Å². The van der Waals surface area contributed by atoms with Crippen LogP contribution in [0.5, 0.6) is 0 Å². The van der Waals surface area contributed by atoms with Crippen molar-refractivity contribution in [3.05, 3.63) is 17.1 Å². The molecule has 4 rings (SSSR count). The van der Waals surface area contributed by atoms with E-state index in [2.05, 4.69) is 41.2 Å². The summed E-state index contributed by atoms with van der Waals surface area (Å²) in [6, 6.07) is 0.304. The van der Waals surface area contributed by atoms with Crippen molar-refractivity contribution in [3.63, 3.8) is 0 Å². The summed E-state index contributed by atoms with van der Waals surface area (Å²) in [5, 5.41) is 11.4. The molecular weight excluding hydrogens is 266 g/mol. The molecule has 0 aromatic carbocycles. The van der Waals surface area contributed by atoms with Gasteiger partial charge in [0.1, 0.15) is 23.2 Å². The Balaban J connectivity index is 1.81. The van der Waals surface area contributed by atoms with Gasteiger partial charge in [-0.2, -0.15) is 10.2 Å². The minimum atomic E-state index is 0.109. The second-order valence-electron chi connectivity index (χ2n) is 5.87. The number of amidine groups is 2. The molecule has 6 heteroatoms. The summed E-state index contributed by atoms with van der Waals surface area (Å²) in [6.07, 6.45) is 2.81. The van der Waals surface area contributed by atoms with E-state index in [-0.39, 0.29) is 6.17 Å². The highest BCUT2D eigenvalue weighted by atomic mass is 16.3. The topological polar surface area (TPSA) is 56.4 Å². The molecule has 0 amide bonds. The zero-order valence-electron chi connectivity index (χ0n) is 13.0. The molecule has 3 aliphatic rings. The zero-order valence-corrected chi connectivity index (χ0v) is 13.0. The van der Waals surface area contributed by atoms with Gasteiger partial charge in [-0.1, -0.05) is 13.8 Å². The quantitative estimate of drug-likeness (QED) is 0.907. The Kier molecular flexibility index (Phi) is 2.58. The van der Waals surface area contributed by atoms with Crippen molar-refractivity contribution in [1.29, 1.82) is 0 Å². The van der Waals surface area contributed by atoms with Crippen molar-refractivity contribution in [2.75, 3.05) is 4.90 Å². The predicted octanol–water partition coefficient (Wildman–Crippen LogP) is 2.32. The predicted molar refractivity (Wildman–Crippen MR) is 82.4 cm³/mol. The van der Waals surface area contributed by atoms with E-state index in [1.807, 2.05) is 6.92 Å². The number of anilines is 1. The van der Waals surface area contributed by atoms with E-state index in [1.54, 1.807) is 0 Å². The number of hydrogen-bond donors (Lipinski definition) is 1. The summed E-state index contributed by atoms with van der Waals surface area (Å²) in [4.78, 5) is 2.36. The highest BCUT2D eigenvalue weighted by Gasteiger charge is 2.48. The number of nitrogens with one attached hydrogen (secondary N) is 1. The van der Waals surface area contributed by atoms with Crippen LogP contribution in [0.4, 0.5) is 5.69 Å². The highest BCUT2D eigenvalue weighted by Crippen LogP contribution is 2.43. The van der Waals surface area contributed by atoms with Crippen molar-refractivity contribution in [1.82, 2.24) is 10.4 Å². The SMILES string of the molecule is CCC1=NNC2C3Cc4oc(C)c(C)c4N3C(CC)=NN12. The summed E-state index contributed by atoms with van der Waals surface area (Å²) in [5.74, 6) is 4.22. The van der Waals surface area contributed by atoms with E-state index in [0.717, 1.165) is 42.5 Å². The molecule has 2 unspecified atom stereocenters. The Morgan fingerprint density at radius 3 is 2.71 bits per heavy atom. The number of hydrazone groups is 2.